The summed E-state index contributed by atoms with van der Waals surface area (Å²) in [4.78, 5) is 7.62. The van der Waals surface area contributed by atoms with Crippen LogP contribution in [-0.4, -0.2) is 23.1 Å². The largest absolute Gasteiger partial charge is 0.419 e. The first-order valence-corrected chi connectivity index (χ1v) is 5.17. The van der Waals surface area contributed by atoms with Crippen molar-refractivity contribution >= 4 is 0 Å². The van der Waals surface area contributed by atoms with Gasteiger partial charge in [0.2, 0.25) is 0 Å². The van der Waals surface area contributed by atoms with E-state index in [9.17, 15) is 13.2 Å². The van der Waals surface area contributed by atoms with Crippen LogP contribution >= 0.6 is 0 Å². The molecule has 6 heteroatoms. The van der Waals surface area contributed by atoms with E-state index in [1.165, 1.54) is 0 Å². The molecule has 1 N–H and O–H groups in total. The van der Waals surface area contributed by atoms with Gasteiger partial charge in [-0.2, -0.15) is 13.2 Å². The summed E-state index contributed by atoms with van der Waals surface area (Å²) in [5, 5.41) is 3.18. The van der Waals surface area contributed by atoms with Gasteiger partial charge in [-0.15, -0.1) is 0 Å². The zero-order valence-corrected chi connectivity index (χ0v) is 8.59. The summed E-state index contributed by atoms with van der Waals surface area (Å²) in [7, 11) is 0. The quantitative estimate of drug-likeness (QED) is 0.802. The molecule has 0 saturated carbocycles. The number of nitrogens with zero attached hydrogens (tertiary/aromatic N) is 2. The van der Waals surface area contributed by atoms with E-state index < -0.39 is 11.7 Å². The minimum Gasteiger partial charge on any atom is -0.317 e. The molecule has 0 unspecified atom stereocenters. The highest BCUT2D eigenvalue weighted by Gasteiger charge is 2.31. The van der Waals surface area contributed by atoms with Gasteiger partial charge in [0.15, 0.2) is 0 Å². The van der Waals surface area contributed by atoms with Crippen LogP contribution in [0.4, 0.5) is 13.2 Å². The summed E-state index contributed by atoms with van der Waals surface area (Å²) in [6.07, 6.45) is -0.863. The summed E-state index contributed by atoms with van der Waals surface area (Å²) in [5.74, 6) is 0.707. The molecular weight excluding hydrogens is 219 g/mol. The molecule has 0 aromatic carbocycles. The molecule has 0 spiro atoms. The summed E-state index contributed by atoms with van der Waals surface area (Å²) >= 11 is 0. The average molecular weight is 231 g/mol. The molecule has 2 heterocycles. The van der Waals surface area contributed by atoms with Crippen LogP contribution < -0.4 is 5.32 Å². The molecule has 3 nitrogen and oxygen atoms in total. The van der Waals surface area contributed by atoms with Crippen LogP contribution in [0.5, 0.6) is 0 Å². The van der Waals surface area contributed by atoms with Crippen LogP contribution in [0.3, 0.4) is 0 Å². The molecule has 1 saturated heterocycles. The van der Waals surface area contributed by atoms with Crippen molar-refractivity contribution in [1.82, 2.24) is 15.3 Å². The van der Waals surface area contributed by atoms with Crippen molar-refractivity contribution in [3.63, 3.8) is 0 Å². The minimum absolute atomic E-state index is 0.184. The molecule has 88 valence electrons. The Morgan fingerprint density at radius 1 is 1.12 bits per heavy atom. The highest BCUT2D eigenvalue weighted by Crippen LogP contribution is 2.29. The summed E-state index contributed by atoms with van der Waals surface area (Å²) in [5.41, 5.74) is -0.787. The van der Waals surface area contributed by atoms with Gasteiger partial charge in [0.25, 0.3) is 0 Å². The number of aromatic nitrogens is 2. The maximum Gasteiger partial charge on any atom is 0.419 e. The third kappa shape index (κ3) is 2.49. The van der Waals surface area contributed by atoms with Gasteiger partial charge in [-0.3, -0.25) is 0 Å². The normalized spacial score (nSPS) is 18.7. The van der Waals surface area contributed by atoms with E-state index in [0.717, 1.165) is 38.3 Å². The second-order valence-electron chi connectivity index (χ2n) is 3.85. The molecule has 1 aliphatic rings. The van der Waals surface area contributed by atoms with E-state index >= 15 is 0 Å². The Kier molecular flexibility index (Phi) is 3.09. The number of nitrogens with one attached hydrogen (secondary N) is 1. The van der Waals surface area contributed by atoms with Crippen LogP contribution in [-0.2, 0) is 6.18 Å². The van der Waals surface area contributed by atoms with Crippen LogP contribution in [0.2, 0.25) is 0 Å². The van der Waals surface area contributed by atoms with E-state index in [-0.39, 0.29) is 5.92 Å². The van der Waals surface area contributed by atoms with Crippen molar-refractivity contribution in [3.8, 4) is 0 Å². The molecule has 1 aromatic heterocycles. The fraction of sp³-hybridized carbons (Fsp3) is 0.600. The number of piperidine rings is 1. The Bertz CT molecular complexity index is 341. The first kappa shape index (κ1) is 11.3. The molecule has 0 bridgehead atoms. The summed E-state index contributed by atoms with van der Waals surface area (Å²) in [6.45, 7) is 1.74. The Morgan fingerprint density at radius 3 is 2.19 bits per heavy atom. The zero-order chi connectivity index (χ0) is 11.6. The lowest BCUT2D eigenvalue weighted by Gasteiger charge is -2.21. The summed E-state index contributed by atoms with van der Waals surface area (Å²) < 4.78 is 36.8. The Labute approximate surface area is 91.1 Å². The lowest BCUT2D eigenvalue weighted by atomic mass is 9.97. The van der Waals surface area contributed by atoms with Crippen LogP contribution in [0.25, 0.3) is 0 Å². The maximum atomic E-state index is 12.3. The molecule has 0 radical (unpaired) electrons. The fourth-order valence-electron chi connectivity index (χ4n) is 1.78. The van der Waals surface area contributed by atoms with E-state index in [2.05, 4.69) is 15.3 Å². The molecular formula is C10H12F3N3. The van der Waals surface area contributed by atoms with Crippen molar-refractivity contribution in [1.29, 1.82) is 0 Å². The van der Waals surface area contributed by atoms with E-state index in [1.807, 2.05) is 0 Å². The Hall–Kier alpha value is -1.17. The van der Waals surface area contributed by atoms with Gasteiger partial charge in [-0.25, -0.2) is 9.97 Å². The second kappa shape index (κ2) is 4.37. The molecule has 1 fully saturated rings. The first-order valence-electron chi connectivity index (χ1n) is 5.17. The molecule has 16 heavy (non-hydrogen) atoms. The lowest BCUT2D eigenvalue weighted by molar-refractivity contribution is -0.138. The van der Waals surface area contributed by atoms with E-state index in [1.54, 1.807) is 0 Å². The van der Waals surface area contributed by atoms with Gasteiger partial charge >= 0.3 is 6.18 Å². The van der Waals surface area contributed by atoms with Gasteiger partial charge in [0.05, 0.1) is 5.56 Å². The van der Waals surface area contributed by atoms with Crippen molar-refractivity contribution in [2.24, 2.45) is 0 Å². The number of hydrogen-bond acceptors (Lipinski definition) is 3. The van der Waals surface area contributed by atoms with Crippen molar-refractivity contribution in [2.75, 3.05) is 13.1 Å². The fourth-order valence-corrected chi connectivity index (χ4v) is 1.78. The predicted octanol–water partition coefficient (Wildman–Crippen LogP) is 1.96. The molecule has 1 aromatic rings. The number of hydrogen-bond donors (Lipinski definition) is 1. The van der Waals surface area contributed by atoms with Crippen LogP contribution in [0.1, 0.15) is 30.1 Å². The minimum atomic E-state index is -4.35. The number of alkyl halides is 3. The van der Waals surface area contributed by atoms with Gasteiger partial charge < -0.3 is 5.32 Å². The topological polar surface area (TPSA) is 37.8 Å². The highest BCUT2D eigenvalue weighted by molar-refractivity contribution is 5.11. The SMILES string of the molecule is FC(F)(F)c1cnc(C2CCNCC2)nc1. The van der Waals surface area contributed by atoms with Crippen LogP contribution in [0.15, 0.2) is 12.4 Å². The number of rotatable bonds is 1. The highest BCUT2D eigenvalue weighted by atomic mass is 19.4. The van der Waals surface area contributed by atoms with Gasteiger partial charge in [-0.05, 0) is 25.9 Å². The molecule has 0 aliphatic carbocycles. The van der Waals surface area contributed by atoms with Crippen molar-refractivity contribution < 1.29 is 13.2 Å². The molecule has 1 aliphatic heterocycles. The number of halogens is 3. The molecule has 0 atom stereocenters. The van der Waals surface area contributed by atoms with Gasteiger partial charge in [-0.1, -0.05) is 0 Å². The van der Waals surface area contributed by atoms with Crippen LogP contribution in [0, 0.1) is 0 Å². The molecule has 0 amide bonds. The van der Waals surface area contributed by atoms with Gasteiger partial charge in [0.1, 0.15) is 5.82 Å². The van der Waals surface area contributed by atoms with E-state index in [0.29, 0.717) is 5.82 Å². The zero-order valence-electron chi connectivity index (χ0n) is 8.59. The first-order chi connectivity index (χ1) is 7.57. The Morgan fingerprint density at radius 2 is 1.69 bits per heavy atom. The predicted molar refractivity (Wildman–Crippen MR) is 51.9 cm³/mol. The monoisotopic (exact) mass is 231 g/mol. The third-order valence-corrected chi connectivity index (χ3v) is 2.70. The third-order valence-electron chi connectivity index (χ3n) is 2.70. The lowest BCUT2D eigenvalue weighted by Crippen LogP contribution is -2.27. The molecule has 2 rings (SSSR count). The van der Waals surface area contributed by atoms with Gasteiger partial charge in [0, 0.05) is 18.3 Å². The standard InChI is InChI=1S/C10H12F3N3/c11-10(12,13)8-5-15-9(16-6-8)7-1-3-14-4-2-7/h5-7,14H,1-4H2. The smallest absolute Gasteiger partial charge is 0.317 e. The average Bonchev–Trinajstić information content (AvgIpc) is 2.29. The van der Waals surface area contributed by atoms with Crippen molar-refractivity contribution in [3.05, 3.63) is 23.8 Å². The summed E-state index contributed by atoms with van der Waals surface area (Å²) in [6, 6.07) is 0. The second-order valence-corrected chi connectivity index (χ2v) is 3.85. The maximum absolute atomic E-state index is 12.3. The van der Waals surface area contributed by atoms with E-state index in [4.69, 9.17) is 0 Å². The van der Waals surface area contributed by atoms with Crippen molar-refractivity contribution in [2.45, 2.75) is 24.9 Å². The Balaban J connectivity index is 2.12.